The van der Waals surface area contributed by atoms with E-state index in [1.165, 1.54) is 0 Å². The average molecular weight is 310 g/mol. The quantitative estimate of drug-likeness (QED) is 0.754. The third-order valence-corrected chi connectivity index (χ3v) is 3.72. The Labute approximate surface area is 134 Å². The molecule has 0 bridgehead atoms. The fourth-order valence-corrected chi connectivity index (χ4v) is 2.51. The van der Waals surface area contributed by atoms with Crippen LogP contribution in [0.3, 0.4) is 0 Å². The van der Waals surface area contributed by atoms with Crippen molar-refractivity contribution in [1.29, 1.82) is 0 Å². The Bertz CT molecular complexity index is 834. The topological polar surface area (TPSA) is 63.6 Å². The minimum atomic E-state index is 0.186. The monoisotopic (exact) mass is 310 g/mol. The van der Waals surface area contributed by atoms with E-state index in [0.717, 1.165) is 22.4 Å². The minimum absolute atomic E-state index is 0.186. The standard InChI is InChI=1S/C18H18N2O3/c1-22-13-6-7-15(17(10-13)23-2)20-11-12-5-8-16(21)18-14(12)4-3-9-19-18/h3-10,20-21H,11H2,1-2H3. The maximum absolute atomic E-state index is 9.90. The summed E-state index contributed by atoms with van der Waals surface area (Å²) in [6, 6.07) is 13.0. The second-order valence-electron chi connectivity index (χ2n) is 5.06. The van der Waals surface area contributed by atoms with Crippen molar-refractivity contribution < 1.29 is 14.6 Å². The molecule has 0 spiro atoms. The van der Waals surface area contributed by atoms with E-state index in [1.54, 1.807) is 26.5 Å². The van der Waals surface area contributed by atoms with Gasteiger partial charge >= 0.3 is 0 Å². The van der Waals surface area contributed by atoms with E-state index in [4.69, 9.17) is 9.47 Å². The van der Waals surface area contributed by atoms with Gasteiger partial charge in [-0.1, -0.05) is 12.1 Å². The summed E-state index contributed by atoms with van der Waals surface area (Å²) in [6.45, 7) is 0.588. The highest BCUT2D eigenvalue weighted by Crippen LogP contribution is 2.31. The lowest BCUT2D eigenvalue weighted by Gasteiger charge is -2.14. The summed E-state index contributed by atoms with van der Waals surface area (Å²) < 4.78 is 10.6. The van der Waals surface area contributed by atoms with Crippen LogP contribution in [0, 0.1) is 0 Å². The van der Waals surface area contributed by atoms with Gasteiger partial charge in [0.1, 0.15) is 22.8 Å². The van der Waals surface area contributed by atoms with Crippen LogP contribution in [0.4, 0.5) is 5.69 Å². The Hall–Kier alpha value is -2.95. The van der Waals surface area contributed by atoms with Crippen molar-refractivity contribution in [1.82, 2.24) is 4.98 Å². The van der Waals surface area contributed by atoms with Gasteiger partial charge < -0.3 is 19.9 Å². The number of ether oxygens (including phenoxy) is 2. The van der Waals surface area contributed by atoms with Gasteiger partial charge in [-0.2, -0.15) is 0 Å². The molecule has 0 aliphatic rings. The molecule has 0 fully saturated rings. The van der Waals surface area contributed by atoms with Crippen LogP contribution in [0.1, 0.15) is 5.56 Å². The zero-order valence-corrected chi connectivity index (χ0v) is 13.0. The number of methoxy groups -OCH3 is 2. The van der Waals surface area contributed by atoms with E-state index in [1.807, 2.05) is 36.4 Å². The second kappa shape index (κ2) is 6.44. The molecule has 0 saturated heterocycles. The molecule has 2 N–H and O–H groups in total. The predicted octanol–water partition coefficient (Wildman–Crippen LogP) is 3.57. The lowest BCUT2D eigenvalue weighted by atomic mass is 10.1. The molecule has 3 aromatic rings. The van der Waals surface area contributed by atoms with Crippen molar-refractivity contribution >= 4 is 16.6 Å². The Kier molecular flexibility index (Phi) is 4.19. The zero-order valence-electron chi connectivity index (χ0n) is 13.0. The van der Waals surface area contributed by atoms with E-state index in [-0.39, 0.29) is 5.75 Å². The predicted molar refractivity (Wildman–Crippen MR) is 90.3 cm³/mol. The number of aromatic hydroxyl groups is 1. The summed E-state index contributed by atoms with van der Waals surface area (Å²) in [5, 5.41) is 14.2. The first-order valence-corrected chi connectivity index (χ1v) is 7.24. The van der Waals surface area contributed by atoms with Gasteiger partial charge in [0, 0.05) is 24.2 Å². The number of hydrogen-bond donors (Lipinski definition) is 2. The van der Waals surface area contributed by atoms with Crippen LogP contribution in [0.2, 0.25) is 0 Å². The number of hydrogen-bond acceptors (Lipinski definition) is 5. The molecular formula is C18H18N2O3. The lowest BCUT2D eigenvalue weighted by Crippen LogP contribution is -2.02. The van der Waals surface area contributed by atoms with Gasteiger partial charge in [0.15, 0.2) is 0 Å². The minimum Gasteiger partial charge on any atom is -0.506 e. The maximum atomic E-state index is 9.90. The second-order valence-corrected chi connectivity index (χ2v) is 5.06. The van der Waals surface area contributed by atoms with Crippen molar-refractivity contribution in [3.8, 4) is 17.2 Å². The first kappa shape index (κ1) is 15.0. The van der Waals surface area contributed by atoms with Gasteiger partial charge in [0.2, 0.25) is 0 Å². The highest BCUT2D eigenvalue weighted by molar-refractivity contribution is 5.87. The molecule has 5 heteroatoms. The van der Waals surface area contributed by atoms with Crippen LogP contribution >= 0.6 is 0 Å². The molecule has 0 unspecified atom stereocenters. The molecule has 3 rings (SSSR count). The number of anilines is 1. The molecule has 1 heterocycles. The summed E-state index contributed by atoms with van der Waals surface area (Å²) in [6.07, 6.45) is 1.67. The summed E-state index contributed by atoms with van der Waals surface area (Å²) in [5.74, 6) is 1.64. The molecule has 1 aromatic heterocycles. The van der Waals surface area contributed by atoms with E-state index in [2.05, 4.69) is 10.3 Å². The third-order valence-electron chi connectivity index (χ3n) is 3.72. The fraction of sp³-hybridized carbons (Fsp3) is 0.167. The van der Waals surface area contributed by atoms with Gasteiger partial charge in [-0.25, -0.2) is 0 Å². The largest absolute Gasteiger partial charge is 0.506 e. The molecule has 118 valence electrons. The first-order valence-electron chi connectivity index (χ1n) is 7.24. The maximum Gasteiger partial charge on any atom is 0.145 e. The number of nitrogens with zero attached hydrogens (tertiary/aromatic N) is 1. The van der Waals surface area contributed by atoms with Crippen LogP contribution in [0.5, 0.6) is 17.2 Å². The third kappa shape index (κ3) is 2.99. The highest BCUT2D eigenvalue weighted by atomic mass is 16.5. The Morgan fingerprint density at radius 1 is 1.09 bits per heavy atom. The van der Waals surface area contributed by atoms with Crippen LogP contribution in [0.15, 0.2) is 48.7 Å². The van der Waals surface area contributed by atoms with E-state index < -0.39 is 0 Å². The molecule has 0 radical (unpaired) electrons. The SMILES string of the molecule is COc1ccc(NCc2ccc(O)c3ncccc23)c(OC)c1. The van der Waals surface area contributed by atoms with Crippen LogP contribution < -0.4 is 14.8 Å². The molecule has 0 atom stereocenters. The van der Waals surface area contributed by atoms with Crippen molar-refractivity contribution in [3.63, 3.8) is 0 Å². The normalized spacial score (nSPS) is 10.5. The van der Waals surface area contributed by atoms with Crippen molar-refractivity contribution in [2.75, 3.05) is 19.5 Å². The Morgan fingerprint density at radius 3 is 2.74 bits per heavy atom. The van der Waals surface area contributed by atoms with Gasteiger partial charge in [-0.3, -0.25) is 4.98 Å². The number of phenolic OH excluding ortho intramolecular Hbond substituents is 1. The van der Waals surface area contributed by atoms with E-state index in [9.17, 15) is 5.11 Å². The van der Waals surface area contributed by atoms with Crippen LogP contribution in [-0.4, -0.2) is 24.3 Å². The number of benzene rings is 2. The molecular weight excluding hydrogens is 292 g/mol. The average Bonchev–Trinajstić information content (AvgIpc) is 2.61. The number of phenols is 1. The summed E-state index contributed by atoms with van der Waals surface area (Å²) >= 11 is 0. The van der Waals surface area contributed by atoms with Gasteiger partial charge in [0.25, 0.3) is 0 Å². The van der Waals surface area contributed by atoms with E-state index >= 15 is 0 Å². The van der Waals surface area contributed by atoms with Gasteiger partial charge in [-0.05, 0) is 29.8 Å². The summed E-state index contributed by atoms with van der Waals surface area (Å²) in [5.41, 5.74) is 2.52. The molecule has 5 nitrogen and oxygen atoms in total. The number of aromatic nitrogens is 1. The molecule has 0 aliphatic heterocycles. The molecule has 23 heavy (non-hydrogen) atoms. The summed E-state index contributed by atoms with van der Waals surface area (Å²) in [4.78, 5) is 4.23. The van der Waals surface area contributed by atoms with Crippen molar-refractivity contribution in [3.05, 3.63) is 54.2 Å². The number of pyridine rings is 1. The molecule has 0 amide bonds. The van der Waals surface area contributed by atoms with Crippen molar-refractivity contribution in [2.45, 2.75) is 6.54 Å². The van der Waals surface area contributed by atoms with Crippen molar-refractivity contribution in [2.24, 2.45) is 0 Å². The number of nitrogens with one attached hydrogen (secondary N) is 1. The highest BCUT2D eigenvalue weighted by Gasteiger charge is 2.08. The van der Waals surface area contributed by atoms with Crippen LogP contribution in [0.25, 0.3) is 10.9 Å². The smallest absolute Gasteiger partial charge is 0.145 e. The Morgan fingerprint density at radius 2 is 1.96 bits per heavy atom. The lowest BCUT2D eigenvalue weighted by molar-refractivity contribution is 0.395. The number of rotatable bonds is 5. The molecule has 0 aliphatic carbocycles. The van der Waals surface area contributed by atoms with Gasteiger partial charge in [-0.15, -0.1) is 0 Å². The van der Waals surface area contributed by atoms with E-state index in [0.29, 0.717) is 17.8 Å². The van der Waals surface area contributed by atoms with Gasteiger partial charge in [0.05, 0.1) is 19.9 Å². The zero-order chi connectivity index (χ0) is 16.2. The molecule has 2 aromatic carbocycles. The molecule has 0 saturated carbocycles. The first-order chi connectivity index (χ1) is 11.2. The Balaban J connectivity index is 1.88. The summed E-state index contributed by atoms with van der Waals surface area (Å²) in [7, 11) is 3.25. The number of fused-ring (bicyclic) bond motifs is 1. The van der Waals surface area contributed by atoms with Crippen LogP contribution in [-0.2, 0) is 6.54 Å². The fourth-order valence-electron chi connectivity index (χ4n) is 2.51.